The minimum absolute atomic E-state index is 0.0214. The van der Waals surface area contributed by atoms with E-state index in [0.717, 1.165) is 71.6 Å². The highest BCUT2D eigenvalue weighted by molar-refractivity contribution is 6.01. The lowest BCUT2D eigenvalue weighted by Crippen LogP contribution is -2.26. The van der Waals surface area contributed by atoms with Gasteiger partial charge in [0, 0.05) is 56.7 Å². The number of aromatic amines is 4. The fraction of sp³-hybridized carbons (Fsp3) is 0.143. The van der Waals surface area contributed by atoms with E-state index in [1.54, 1.807) is 24.7 Å². The molecule has 4 unspecified atom stereocenters. The van der Waals surface area contributed by atoms with Crippen LogP contribution in [0.5, 0.6) is 0 Å². The van der Waals surface area contributed by atoms with E-state index in [-0.39, 0.29) is 65.6 Å². The van der Waals surface area contributed by atoms with Crippen LogP contribution in [-0.4, -0.2) is 64.4 Å². The van der Waals surface area contributed by atoms with Crippen LogP contribution in [0.4, 0.5) is 0 Å². The smallest absolute Gasteiger partial charge is 0.307 e. The van der Waals surface area contributed by atoms with Crippen molar-refractivity contribution in [3.05, 3.63) is 341 Å². The summed E-state index contributed by atoms with van der Waals surface area (Å²) in [4.78, 5) is 86.2. The molecule has 8 aromatic carbocycles. The number of pyridine rings is 2. The molecule has 512 valence electrons. The third kappa shape index (κ3) is 18.4. The van der Waals surface area contributed by atoms with Gasteiger partial charge in [-0.3, -0.25) is 29.0 Å². The second kappa shape index (κ2) is 33.5. The zero-order chi connectivity index (χ0) is 71.5. The molecule has 0 saturated carbocycles. The van der Waals surface area contributed by atoms with Gasteiger partial charge in [-0.05, 0) is 154 Å². The second-order valence-electron chi connectivity index (χ2n) is 24.8. The van der Waals surface area contributed by atoms with E-state index in [9.17, 15) is 24.0 Å². The summed E-state index contributed by atoms with van der Waals surface area (Å²) in [5.74, 6) is -0.620. The number of nitrogens with zero attached hydrogens (tertiary/aromatic N) is 3. The fourth-order valence-corrected chi connectivity index (χ4v) is 11.4. The lowest BCUT2D eigenvalue weighted by molar-refractivity contribution is 0.0903. The van der Waals surface area contributed by atoms with E-state index in [2.05, 4.69) is 61.5 Å². The lowest BCUT2D eigenvalue weighted by atomic mass is 10.1. The summed E-state index contributed by atoms with van der Waals surface area (Å²) in [5, 5.41) is 18.9. The summed E-state index contributed by atoms with van der Waals surface area (Å²) in [5.41, 5.74) is 14.9. The minimum Gasteiger partial charge on any atom is -0.432 e. The third-order valence-electron chi connectivity index (χ3n) is 17.2. The van der Waals surface area contributed by atoms with Gasteiger partial charge in [0.2, 0.25) is 0 Å². The van der Waals surface area contributed by atoms with Crippen LogP contribution in [0.1, 0.15) is 156 Å². The number of fused-ring (bicyclic) bond motifs is 5. The number of oxazole rings is 1. The Labute approximate surface area is 590 Å². The van der Waals surface area contributed by atoms with E-state index in [0.29, 0.717) is 33.9 Å². The first-order chi connectivity index (χ1) is 49.5. The minimum atomic E-state index is -0.308. The number of amides is 5. The molecule has 0 saturated heterocycles. The zero-order valence-corrected chi connectivity index (χ0v) is 57.7. The normalized spacial score (nSPS) is 12.3. The molecule has 18 nitrogen and oxygen atoms in total. The topological polar surface area (TPSA) is 260 Å². The number of rotatable bonds is 15. The molecule has 18 heteroatoms. The second-order valence-corrected chi connectivity index (χ2v) is 24.8. The van der Waals surface area contributed by atoms with E-state index in [1.165, 1.54) is 11.1 Å². The molecule has 0 spiro atoms. The van der Waals surface area contributed by atoms with Crippen LogP contribution in [0.3, 0.4) is 0 Å². The van der Waals surface area contributed by atoms with Gasteiger partial charge in [-0.25, -0.2) is 9.97 Å². The fourth-order valence-electron chi connectivity index (χ4n) is 11.4. The van der Waals surface area contributed by atoms with E-state index in [4.69, 9.17) is 4.42 Å². The van der Waals surface area contributed by atoms with Gasteiger partial charge >= 0.3 is 5.91 Å². The Hall–Kier alpha value is -13.0. The highest BCUT2D eigenvalue weighted by atomic mass is 16.4. The Balaban J connectivity index is 0.000000128. The molecule has 0 fully saturated rings. The first-order valence-electron chi connectivity index (χ1n) is 33.7. The van der Waals surface area contributed by atoms with Crippen molar-refractivity contribution in [2.24, 2.45) is 0 Å². The molecule has 0 aliphatic carbocycles. The van der Waals surface area contributed by atoms with Crippen molar-refractivity contribution in [2.75, 3.05) is 0 Å². The van der Waals surface area contributed by atoms with Crippen LogP contribution in [0.2, 0.25) is 0 Å². The van der Waals surface area contributed by atoms with Gasteiger partial charge < -0.3 is 50.9 Å². The highest BCUT2D eigenvalue weighted by Crippen LogP contribution is 2.24. The summed E-state index contributed by atoms with van der Waals surface area (Å²) in [7, 11) is 0. The zero-order valence-electron chi connectivity index (χ0n) is 57.7. The van der Waals surface area contributed by atoms with Crippen molar-refractivity contribution < 1.29 is 28.4 Å². The molecule has 7 aromatic heterocycles. The van der Waals surface area contributed by atoms with Crippen molar-refractivity contribution >= 4 is 84.4 Å². The van der Waals surface area contributed by atoms with Crippen LogP contribution in [0, 0.1) is 13.8 Å². The number of H-pyrrole nitrogens is 4. The van der Waals surface area contributed by atoms with Crippen molar-refractivity contribution in [1.82, 2.24) is 61.5 Å². The molecule has 0 aliphatic heterocycles. The number of benzene rings is 8. The Morgan fingerprint density at radius 2 is 0.794 bits per heavy atom. The summed E-state index contributed by atoms with van der Waals surface area (Å²) in [6.07, 6.45) is 5.14. The van der Waals surface area contributed by atoms with Crippen molar-refractivity contribution in [2.45, 2.75) is 78.7 Å². The van der Waals surface area contributed by atoms with Gasteiger partial charge in [0.1, 0.15) is 33.9 Å². The maximum atomic E-state index is 12.4. The molecule has 0 radical (unpaired) electrons. The van der Waals surface area contributed by atoms with Gasteiger partial charge in [-0.1, -0.05) is 188 Å². The molecule has 102 heavy (non-hydrogen) atoms. The molecule has 0 bridgehead atoms. The largest absolute Gasteiger partial charge is 0.432 e. The quantitative estimate of drug-likeness (QED) is 0.0472. The number of hydrogen-bond donors (Lipinski definition) is 9. The van der Waals surface area contributed by atoms with Gasteiger partial charge in [0.15, 0.2) is 5.58 Å². The van der Waals surface area contributed by atoms with Gasteiger partial charge in [0.05, 0.1) is 30.2 Å². The van der Waals surface area contributed by atoms with E-state index in [1.807, 2.05) is 297 Å². The maximum Gasteiger partial charge on any atom is 0.307 e. The van der Waals surface area contributed by atoms with Crippen LogP contribution >= 0.6 is 0 Å². The highest BCUT2D eigenvalue weighted by Gasteiger charge is 2.20. The standard InChI is InChI=1S/2C18H18N2O.2C16H15N3O.C16H14N2O2/c1-12-7-6-10-16-15(12)11-17(20-16)18(21)19-13(2)14-8-4-3-5-9-14;1-12-8-9-15-11-17(20-16(15)10-12)18(21)19-13(2)14-6-4-3-5-7-14;1-11(12-6-3-2-4-7-12)18-16(20)14-10-13-8-5-9-17-15(13)19-14;1-11(12-5-3-2-4-6-12)18-16(20)15-9-13-10-17-8-7-14(13)19-15;1-11(12-7-3-2-4-8-12)17-15(19)16-18-13-9-5-6-10-14(13)20-16/h2*3-11,13,20H,1-2H3,(H,19,21);2-11H,1H3,(H,17,19)(H,18,20);2-11,19H,1H3,(H,18,20);2-11H,1H3,(H,17,19)/t;;;;11-/m....0/s1. The summed E-state index contributed by atoms with van der Waals surface area (Å²) in [6.45, 7) is 13.9. The molecule has 7 heterocycles. The monoisotopic (exact) mass is 1350 g/mol. The lowest BCUT2D eigenvalue weighted by Gasteiger charge is -2.13. The molecular weight excluding hydrogens is 1270 g/mol. The Morgan fingerprint density at radius 1 is 0.363 bits per heavy atom. The average Bonchev–Trinajstić information content (AvgIpc) is 1.70. The molecular formula is C84H80N12O6. The third-order valence-corrected chi connectivity index (χ3v) is 17.2. The van der Waals surface area contributed by atoms with Crippen molar-refractivity contribution in [1.29, 1.82) is 0 Å². The van der Waals surface area contributed by atoms with Gasteiger partial charge in [-0.2, -0.15) is 0 Å². The maximum absolute atomic E-state index is 12.4. The number of hydrogen-bond acceptors (Lipinski definition) is 9. The Kier molecular flexibility index (Phi) is 23.1. The van der Waals surface area contributed by atoms with Crippen molar-refractivity contribution in [3.63, 3.8) is 0 Å². The first kappa shape index (κ1) is 70.4. The molecule has 15 aromatic rings. The van der Waals surface area contributed by atoms with Gasteiger partial charge in [0.25, 0.3) is 29.5 Å². The molecule has 0 aliphatic rings. The molecule has 5 atom stereocenters. The van der Waals surface area contributed by atoms with Crippen LogP contribution in [-0.2, 0) is 0 Å². The predicted octanol–water partition coefficient (Wildman–Crippen LogP) is 17.4. The number of nitrogens with one attached hydrogen (secondary N) is 9. The summed E-state index contributed by atoms with van der Waals surface area (Å²) >= 11 is 0. The average molecular weight is 1350 g/mol. The number of aryl methyl sites for hydroxylation is 2. The number of carbonyl (C=O) groups excluding carboxylic acids is 5. The number of para-hydroxylation sites is 2. The first-order valence-corrected chi connectivity index (χ1v) is 33.7. The SMILES string of the molecule is CC(NC(=O)c1cc2cccnc2[nH]1)c1ccccc1.CC(NC(=O)c1cc2cnccc2[nH]1)c1ccccc1.C[C@H](NC(=O)c1nc2ccccc2o1)c1ccccc1.Cc1ccc2cc(C(=O)NC(C)c3ccccc3)[nH]c2c1.Cc1cccc2[nH]c(C(=O)NC(C)c3ccccc3)cc12. The summed E-state index contributed by atoms with van der Waals surface area (Å²) in [6, 6.07) is 81.7. The van der Waals surface area contributed by atoms with Crippen molar-refractivity contribution in [3.8, 4) is 0 Å². The number of aromatic nitrogens is 7. The molecule has 9 N–H and O–H groups in total. The van der Waals surface area contributed by atoms with E-state index >= 15 is 0 Å². The van der Waals surface area contributed by atoms with Crippen LogP contribution < -0.4 is 26.6 Å². The van der Waals surface area contributed by atoms with E-state index < -0.39 is 0 Å². The predicted molar refractivity (Wildman–Crippen MR) is 404 cm³/mol. The molecule has 15 rings (SSSR count). The van der Waals surface area contributed by atoms with Gasteiger partial charge in [-0.15, -0.1) is 0 Å². The Morgan fingerprint density at radius 3 is 1.27 bits per heavy atom. The van der Waals surface area contributed by atoms with Crippen LogP contribution in [0.25, 0.3) is 54.8 Å². The summed E-state index contributed by atoms with van der Waals surface area (Å²) < 4.78 is 5.44. The van der Waals surface area contributed by atoms with Crippen LogP contribution in [0.15, 0.2) is 278 Å². The Bertz CT molecular complexity index is 4870. The molecule has 5 amide bonds. The number of carbonyl (C=O) groups is 5.